The molecule has 1 aliphatic rings. The average Bonchev–Trinajstić information content (AvgIpc) is 2.14. The molecule has 0 saturated carbocycles. The molecule has 3 atom stereocenters. The van der Waals surface area contributed by atoms with E-state index in [9.17, 15) is 0 Å². The van der Waals surface area contributed by atoms with E-state index < -0.39 is 0 Å². The second-order valence-electron chi connectivity index (χ2n) is 4.76. The molecule has 0 spiro atoms. The smallest absolute Gasteiger partial charge is 0.0496 e. The molecule has 0 aromatic carbocycles. The normalized spacial score (nSPS) is 44.0. The van der Waals surface area contributed by atoms with Gasteiger partial charge in [0, 0.05) is 13.2 Å². The van der Waals surface area contributed by atoms with Crippen molar-refractivity contribution >= 4 is 0 Å². The van der Waals surface area contributed by atoms with Crippen LogP contribution in [-0.4, -0.2) is 13.2 Å². The molecule has 12 heavy (non-hydrogen) atoms. The van der Waals surface area contributed by atoms with Crippen molar-refractivity contribution in [3.8, 4) is 0 Å². The molecule has 0 aromatic rings. The van der Waals surface area contributed by atoms with Crippen LogP contribution in [0.4, 0.5) is 0 Å². The number of rotatable bonds is 1. The maximum Gasteiger partial charge on any atom is 0.0496 e. The van der Waals surface area contributed by atoms with Crippen molar-refractivity contribution in [1.29, 1.82) is 0 Å². The van der Waals surface area contributed by atoms with Gasteiger partial charge < -0.3 is 4.74 Å². The summed E-state index contributed by atoms with van der Waals surface area (Å²) in [5.74, 6) is 1.45. The largest absolute Gasteiger partial charge is 0.381 e. The fraction of sp³-hybridized carbons (Fsp3) is 1.00. The number of hydrogen-bond donors (Lipinski definition) is 0. The van der Waals surface area contributed by atoms with E-state index in [1.54, 1.807) is 0 Å². The van der Waals surface area contributed by atoms with Crippen LogP contribution < -0.4 is 0 Å². The summed E-state index contributed by atoms with van der Waals surface area (Å²) in [6, 6.07) is 0. The third-order valence-electron chi connectivity index (χ3n) is 3.58. The first kappa shape index (κ1) is 10.0. The van der Waals surface area contributed by atoms with Gasteiger partial charge in [-0.3, -0.25) is 0 Å². The van der Waals surface area contributed by atoms with Gasteiger partial charge in [-0.25, -0.2) is 0 Å². The molecule has 1 heteroatoms. The molecule has 1 fully saturated rings. The molecule has 0 amide bonds. The van der Waals surface area contributed by atoms with Crippen molar-refractivity contribution in [2.75, 3.05) is 13.2 Å². The predicted molar refractivity (Wildman–Crippen MR) is 52.2 cm³/mol. The summed E-state index contributed by atoms with van der Waals surface area (Å²) >= 11 is 0. The first-order chi connectivity index (χ1) is 5.58. The van der Waals surface area contributed by atoms with Crippen LogP contribution in [0.15, 0.2) is 0 Å². The monoisotopic (exact) mass is 170 g/mol. The maximum atomic E-state index is 5.62. The van der Waals surface area contributed by atoms with Gasteiger partial charge in [-0.05, 0) is 23.7 Å². The fourth-order valence-corrected chi connectivity index (χ4v) is 2.20. The Balaban J connectivity index is 2.66. The highest BCUT2D eigenvalue weighted by atomic mass is 16.5. The number of hydrogen-bond acceptors (Lipinski definition) is 1. The van der Waals surface area contributed by atoms with Gasteiger partial charge in [-0.1, -0.05) is 34.1 Å². The van der Waals surface area contributed by atoms with Gasteiger partial charge in [0.25, 0.3) is 0 Å². The highest BCUT2D eigenvalue weighted by molar-refractivity contribution is 4.82. The molecule has 1 heterocycles. The molecule has 0 radical (unpaired) electrons. The molecule has 3 unspecified atom stereocenters. The van der Waals surface area contributed by atoms with E-state index in [0.29, 0.717) is 11.3 Å². The van der Waals surface area contributed by atoms with Gasteiger partial charge >= 0.3 is 0 Å². The van der Waals surface area contributed by atoms with E-state index in [4.69, 9.17) is 4.74 Å². The molecule has 1 nitrogen and oxygen atoms in total. The molecule has 0 bridgehead atoms. The Hall–Kier alpha value is -0.0400. The van der Waals surface area contributed by atoms with E-state index in [1.165, 1.54) is 12.8 Å². The fourth-order valence-electron chi connectivity index (χ4n) is 2.20. The molecule has 0 aliphatic carbocycles. The quantitative estimate of drug-likeness (QED) is 0.587. The Labute approximate surface area is 76.5 Å². The van der Waals surface area contributed by atoms with Crippen molar-refractivity contribution in [3.63, 3.8) is 0 Å². The summed E-state index contributed by atoms with van der Waals surface area (Å²) < 4.78 is 5.62. The zero-order valence-corrected chi connectivity index (χ0v) is 8.89. The van der Waals surface area contributed by atoms with Crippen molar-refractivity contribution in [2.24, 2.45) is 17.3 Å². The Bertz CT molecular complexity index is 144. The minimum atomic E-state index is 0.510. The second kappa shape index (κ2) is 3.78. The summed E-state index contributed by atoms with van der Waals surface area (Å²) in [6.45, 7) is 11.2. The van der Waals surface area contributed by atoms with Crippen molar-refractivity contribution < 1.29 is 4.74 Å². The standard InChI is InChI=1S/C11H22O/c1-5-11(4)6-9(2)7-12-8-10(11)3/h9-10H,5-8H2,1-4H3. The summed E-state index contributed by atoms with van der Waals surface area (Å²) in [5.41, 5.74) is 0.510. The molecular formula is C11H22O. The van der Waals surface area contributed by atoms with E-state index in [2.05, 4.69) is 27.7 Å². The number of ether oxygens (including phenoxy) is 1. The van der Waals surface area contributed by atoms with Crippen molar-refractivity contribution in [1.82, 2.24) is 0 Å². The molecule has 1 aliphatic heterocycles. The van der Waals surface area contributed by atoms with Crippen LogP contribution in [-0.2, 0) is 4.74 Å². The molecule has 0 N–H and O–H groups in total. The molecule has 72 valence electrons. The zero-order chi connectivity index (χ0) is 9.19. The second-order valence-corrected chi connectivity index (χ2v) is 4.76. The lowest BCUT2D eigenvalue weighted by molar-refractivity contribution is 0.0813. The summed E-state index contributed by atoms with van der Waals surface area (Å²) in [4.78, 5) is 0. The summed E-state index contributed by atoms with van der Waals surface area (Å²) in [5, 5.41) is 0. The highest BCUT2D eigenvalue weighted by Gasteiger charge is 2.33. The van der Waals surface area contributed by atoms with Gasteiger partial charge in [0.15, 0.2) is 0 Å². The van der Waals surface area contributed by atoms with Gasteiger partial charge in [0.1, 0.15) is 0 Å². The first-order valence-electron chi connectivity index (χ1n) is 5.16. The van der Waals surface area contributed by atoms with E-state index in [-0.39, 0.29) is 0 Å². The van der Waals surface area contributed by atoms with Gasteiger partial charge in [-0.15, -0.1) is 0 Å². The molecule has 1 saturated heterocycles. The van der Waals surface area contributed by atoms with Crippen molar-refractivity contribution in [2.45, 2.75) is 40.5 Å². The van der Waals surface area contributed by atoms with E-state index >= 15 is 0 Å². The third-order valence-corrected chi connectivity index (χ3v) is 3.58. The topological polar surface area (TPSA) is 9.23 Å². The van der Waals surface area contributed by atoms with E-state index in [1.807, 2.05) is 0 Å². The Morgan fingerprint density at radius 3 is 2.58 bits per heavy atom. The summed E-state index contributed by atoms with van der Waals surface area (Å²) in [6.07, 6.45) is 2.60. The van der Waals surface area contributed by atoms with Crippen LogP contribution in [0.25, 0.3) is 0 Å². The van der Waals surface area contributed by atoms with Crippen LogP contribution >= 0.6 is 0 Å². The molecule has 1 rings (SSSR count). The lowest BCUT2D eigenvalue weighted by atomic mass is 9.71. The molecule has 0 aromatic heterocycles. The van der Waals surface area contributed by atoms with Crippen LogP contribution in [0.3, 0.4) is 0 Å². The average molecular weight is 170 g/mol. The lowest BCUT2D eigenvalue weighted by Crippen LogP contribution is -2.27. The lowest BCUT2D eigenvalue weighted by Gasteiger charge is -2.33. The Morgan fingerprint density at radius 2 is 2.00 bits per heavy atom. The van der Waals surface area contributed by atoms with E-state index in [0.717, 1.165) is 19.1 Å². The first-order valence-corrected chi connectivity index (χ1v) is 5.16. The van der Waals surface area contributed by atoms with Gasteiger partial charge in [-0.2, -0.15) is 0 Å². The van der Waals surface area contributed by atoms with Crippen LogP contribution in [0.2, 0.25) is 0 Å². The minimum Gasteiger partial charge on any atom is -0.381 e. The van der Waals surface area contributed by atoms with Crippen LogP contribution in [0.5, 0.6) is 0 Å². The summed E-state index contributed by atoms with van der Waals surface area (Å²) in [7, 11) is 0. The SMILES string of the molecule is CCC1(C)CC(C)COCC1C. The Morgan fingerprint density at radius 1 is 1.33 bits per heavy atom. The molecular weight excluding hydrogens is 148 g/mol. The maximum absolute atomic E-state index is 5.62. The van der Waals surface area contributed by atoms with Gasteiger partial charge in [0.05, 0.1) is 0 Å². The van der Waals surface area contributed by atoms with Gasteiger partial charge in [0.2, 0.25) is 0 Å². The predicted octanol–water partition coefficient (Wildman–Crippen LogP) is 3.10. The zero-order valence-electron chi connectivity index (χ0n) is 8.89. The van der Waals surface area contributed by atoms with Crippen molar-refractivity contribution in [3.05, 3.63) is 0 Å². The van der Waals surface area contributed by atoms with Crippen LogP contribution in [0.1, 0.15) is 40.5 Å². The third kappa shape index (κ3) is 2.01. The highest BCUT2D eigenvalue weighted by Crippen LogP contribution is 2.39. The van der Waals surface area contributed by atoms with Crippen LogP contribution in [0, 0.1) is 17.3 Å². The minimum absolute atomic E-state index is 0.510. The Kier molecular flexibility index (Phi) is 3.16.